The number of benzene rings is 2. The fraction of sp³-hybridized carbons (Fsp3) is 0.292. The number of rotatable bonds is 10. The van der Waals surface area contributed by atoms with Gasteiger partial charge in [-0.1, -0.05) is 53.6 Å². The zero-order valence-electron chi connectivity index (χ0n) is 18.6. The predicted molar refractivity (Wildman–Crippen MR) is 119 cm³/mol. The molecule has 0 bridgehead atoms. The smallest absolute Gasteiger partial charge is 0.420 e. The maximum atomic E-state index is 12.8. The topological polar surface area (TPSA) is 122 Å². The number of esters is 4. The molecular weight excluding hydrogens is 468 g/mol. The van der Waals surface area contributed by atoms with Crippen molar-refractivity contribution in [2.24, 2.45) is 0 Å². The van der Waals surface area contributed by atoms with E-state index in [0.29, 0.717) is 16.1 Å². The minimum atomic E-state index is -1.43. The Kier molecular flexibility index (Phi) is 10.2. The van der Waals surface area contributed by atoms with Gasteiger partial charge in [0.15, 0.2) is 5.78 Å². The van der Waals surface area contributed by atoms with Crippen LogP contribution in [0.15, 0.2) is 48.5 Å². The van der Waals surface area contributed by atoms with Crippen LogP contribution in [0.2, 0.25) is 5.02 Å². The first-order valence-electron chi connectivity index (χ1n) is 10.1. The van der Waals surface area contributed by atoms with Crippen LogP contribution in [0.3, 0.4) is 0 Å². The fourth-order valence-electron chi connectivity index (χ4n) is 2.82. The minimum absolute atomic E-state index is 0.0298. The Morgan fingerprint density at radius 1 is 0.765 bits per heavy atom. The van der Waals surface area contributed by atoms with Crippen molar-refractivity contribution < 1.29 is 42.9 Å². The van der Waals surface area contributed by atoms with Crippen LogP contribution in [0.25, 0.3) is 0 Å². The zero-order chi connectivity index (χ0) is 25.1. The number of carbonyl (C=O) groups excluding carboxylic acids is 5. The second-order valence-electron chi connectivity index (χ2n) is 7.20. The average molecular weight is 491 g/mol. The zero-order valence-corrected chi connectivity index (χ0v) is 19.3. The first kappa shape index (κ1) is 26.5. The van der Waals surface area contributed by atoms with Crippen molar-refractivity contribution in [3.63, 3.8) is 0 Å². The lowest BCUT2D eigenvalue weighted by Crippen LogP contribution is -2.24. The van der Waals surface area contributed by atoms with Crippen molar-refractivity contribution >= 4 is 41.3 Å². The summed E-state index contributed by atoms with van der Waals surface area (Å²) in [5.41, 5.74) is 2.23. The first-order chi connectivity index (χ1) is 16.2. The third-order valence-corrected chi connectivity index (χ3v) is 4.84. The molecule has 2 aromatic carbocycles. The average Bonchev–Trinajstić information content (AvgIpc) is 2.79. The molecule has 2 aromatic rings. The number of Topliss-reactive ketones (excluding diaryl/α,β-unsaturated/α-hetero) is 1. The molecule has 0 aromatic heterocycles. The summed E-state index contributed by atoms with van der Waals surface area (Å²) in [4.78, 5) is 58.6. The molecule has 0 saturated carbocycles. The Hall–Kier alpha value is -3.72. The van der Waals surface area contributed by atoms with Gasteiger partial charge in [-0.15, -0.1) is 0 Å². The van der Waals surface area contributed by atoms with Crippen molar-refractivity contribution in [2.75, 3.05) is 13.6 Å². The van der Waals surface area contributed by atoms with E-state index in [-0.39, 0.29) is 18.6 Å². The Morgan fingerprint density at radius 2 is 1.32 bits per heavy atom. The maximum Gasteiger partial charge on any atom is 0.420 e. The van der Waals surface area contributed by atoms with Crippen LogP contribution in [0.1, 0.15) is 47.2 Å². The normalized spacial score (nSPS) is 11.1. The van der Waals surface area contributed by atoms with Gasteiger partial charge < -0.3 is 18.9 Å². The van der Waals surface area contributed by atoms with Gasteiger partial charge in [-0.25, -0.2) is 9.59 Å². The number of halogens is 1. The third kappa shape index (κ3) is 9.03. The monoisotopic (exact) mass is 490 g/mol. The number of aryl methyl sites for hydroxylation is 1. The molecule has 1 atom stereocenters. The molecular formula is C24H23ClO9. The van der Waals surface area contributed by atoms with E-state index >= 15 is 0 Å². The Bertz CT molecular complexity index is 1030. The van der Waals surface area contributed by atoms with Gasteiger partial charge in [-0.05, 0) is 24.6 Å². The van der Waals surface area contributed by atoms with Gasteiger partial charge in [0.2, 0.25) is 13.6 Å². The third-order valence-electron chi connectivity index (χ3n) is 4.59. The molecule has 0 aliphatic rings. The first-order valence-corrected chi connectivity index (χ1v) is 10.5. The highest BCUT2D eigenvalue weighted by Crippen LogP contribution is 2.27. The van der Waals surface area contributed by atoms with Crippen molar-refractivity contribution in [1.29, 1.82) is 0 Å². The van der Waals surface area contributed by atoms with Gasteiger partial charge in [0.25, 0.3) is 0 Å². The fourth-order valence-corrected chi connectivity index (χ4v) is 2.94. The molecule has 0 aliphatic heterocycles. The standard InChI is InChI=1S/C24H23ClO9/c1-15-3-5-18(6-4-15)21(27)11-19(17-7-9-20(25)10-8-17)12-22(28)32-14-34-24(30)23(29)33-13-31-16(2)26/h3-10,19H,11-14H2,1-2H3. The summed E-state index contributed by atoms with van der Waals surface area (Å²) >= 11 is 5.94. The van der Waals surface area contributed by atoms with E-state index in [1.165, 1.54) is 0 Å². The molecule has 0 radical (unpaired) electrons. The van der Waals surface area contributed by atoms with E-state index in [0.717, 1.165) is 12.5 Å². The lowest BCUT2D eigenvalue weighted by molar-refractivity contribution is -0.185. The largest absolute Gasteiger partial charge is 0.428 e. The van der Waals surface area contributed by atoms with Crippen LogP contribution >= 0.6 is 11.6 Å². The number of hydrogen-bond acceptors (Lipinski definition) is 9. The summed E-state index contributed by atoms with van der Waals surface area (Å²) in [5, 5.41) is 0.502. The van der Waals surface area contributed by atoms with Crippen LogP contribution in [-0.4, -0.2) is 43.2 Å². The Morgan fingerprint density at radius 3 is 1.88 bits per heavy atom. The van der Waals surface area contributed by atoms with E-state index in [1.54, 1.807) is 36.4 Å². The highest BCUT2D eigenvalue weighted by molar-refractivity contribution is 6.30. The van der Waals surface area contributed by atoms with E-state index in [9.17, 15) is 24.0 Å². The van der Waals surface area contributed by atoms with Crippen molar-refractivity contribution in [3.05, 3.63) is 70.2 Å². The van der Waals surface area contributed by atoms with Gasteiger partial charge in [-0.3, -0.25) is 14.4 Å². The molecule has 0 heterocycles. The van der Waals surface area contributed by atoms with Crippen molar-refractivity contribution in [2.45, 2.75) is 32.6 Å². The number of ether oxygens (including phenoxy) is 4. The van der Waals surface area contributed by atoms with Crippen LogP contribution < -0.4 is 0 Å². The minimum Gasteiger partial charge on any atom is -0.428 e. The summed E-state index contributed by atoms with van der Waals surface area (Å²) in [6.07, 6.45) is -0.157. The molecule has 10 heteroatoms. The number of hydrogen-bond donors (Lipinski definition) is 0. The molecule has 0 spiro atoms. The van der Waals surface area contributed by atoms with Gasteiger partial charge in [0, 0.05) is 29.8 Å². The van der Waals surface area contributed by atoms with Gasteiger partial charge in [0.05, 0.1) is 6.42 Å². The maximum absolute atomic E-state index is 12.8. The summed E-state index contributed by atoms with van der Waals surface area (Å²) < 4.78 is 18.1. The molecule has 0 amide bonds. The molecule has 0 saturated heterocycles. The van der Waals surface area contributed by atoms with Gasteiger partial charge in [0.1, 0.15) is 0 Å². The van der Waals surface area contributed by atoms with Gasteiger partial charge in [-0.2, -0.15) is 0 Å². The number of carbonyl (C=O) groups is 5. The second kappa shape index (κ2) is 13.1. The molecule has 34 heavy (non-hydrogen) atoms. The molecule has 9 nitrogen and oxygen atoms in total. The Balaban J connectivity index is 1.93. The van der Waals surface area contributed by atoms with Crippen LogP contribution in [-0.2, 0) is 38.1 Å². The van der Waals surface area contributed by atoms with Gasteiger partial charge >= 0.3 is 23.9 Å². The molecule has 0 N–H and O–H groups in total. The van der Waals surface area contributed by atoms with E-state index in [2.05, 4.69) is 14.2 Å². The van der Waals surface area contributed by atoms with Crippen LogP contribution in [0.5, 0.6) is 0 Å². The second-order valence-corrected chi connectivity index (χ2v) is 7.63. The lowest BCUT2D eigenvalue weighted by atomic mass is 9.89. The van der Waals surface area contributed by atoms with E-state index in [1.807, 2.05) is 19.1 Å². The summed E-state index contributed by atoms with van der Waals surface area (Å²) in [6, 6.07) is 13.8. The SMILES string of the molecule is CC(=O)OCOC(=O)C(=O)OCOC(=O)CC(CC(=O)c1ccc(C)cc1)c1ccc(Cl)cc1. The highest BCUT2D eigenvalue weighted by Gasteiger charge is 2.23. The van der Waals surface area contributed by atoms with Crippen molar-refractivity contribution in [1.82, 2.24) is 0 Å². The Labute approximate surface area is 200 Å². The summed E-state index contributed by atoms with van der Waals surface area (Å²) in [6.45, 7) is 1.42. The van der Waals surface area contributed by atoms with E-state index in [4.69, 9.17) is 16.3 Å². The van der Waals surface area contributed by atoms with Crippen LogP contribution in [0.4, 0.5) is 0 Å². The molecule has 180 valence electrons. The number of ketones is 1. The lowest BCUT2D eigenvalue weighted by Gasteiger charge is -2.16. The molecule has 0 aliphatic carbocycles. The molecule has 2 rings (SSSR count). The molecule has 0 fully saturated rings. The summed E-state index contributed by atoms with van der Waals surface area (Å²) in [7, 11) is 0. The highest BCUT2D eigenvalue weighted by atomic mass is 35.5. The van der Waals surface area contributed by atoms with Crippen LogP contribution in [0, 0.1) is 6.92 Å². The van der Waals surface area contributed by atoms with Crippen molar-refractivity contribution in [3.8, 4) is 0 Å². The molecule has 1 unspecified atom stereocenters. The summed E-state index contributed by atoms with van der Waals surface area (Å²) in [5.74, 6) is -4.98. The predicted octanol–water partition coefficient (Wildman–Crippen LogP) is 3.50. The van der Waals surface area contributed by atoms with E-state index < -0.39 is 43.4 Å². The quantitative estimate of drug-likeness (QED) is 0.213.